The lowest BCUT2D eigenvalue weighted by Gasteiger charge is -2.38. The van der Waals surface area contributed by atoms with E-state index in [1.54, 1.807) is 7.11 Å². The van der Waals surface area contributed by atoms with Gasteiger partial charge in [-0.1, -0.05) is 19.3 Å². The van der Waals surface area contributed by atoms with Gasteiger partial charge in [-0.15, -0.1) is 0 Å². The van der Waals surface area contributed by atoms with Crippen LogP contribution in [-0.4, -0.2) is 40.1 Å². The molecule has 2 rings (SSSR count). The number of hydrogen-bond donors (Lipinski definition) is 0. The van der Waals surface area contributed by atoms with Gasteiger partial charge in [0, 0.05) is 23.2 Å². The number of halogens is 1. The van der Waals surface area contributed by atoms with Crippen molar-refractivity contribution in [3.05, 3.63) is 0 Å². The van der Waals surface area contributed by atoms with Crippen molar-refractivity contribution < 1.29 is 17.9 Å². The van der Waals surface area contributed by atoms with Crippen LogP contribution in [0.2, 0.25) is 0 Å². The molecule has 0 saturated heterocycles. The van der Waals surface area contributed by atoms with Gasteiger partial charge in [-0.05, 0) is 38.5 Å². The van der Waals surface area contributed by atoms with Gasteiger partial charge in [0.1, 0.15) is 0 Å². The molecule has 2 atom stereocenters. The molecule has 0 N–H and O–H groups in total. The van der Waals surface area contributed by atoms with E-state index >= 15 is 0 Å². The molecule has 0 aromatic rings. The van der Waals surface area contributed by atoms with Crippen LogP contribution in [0.15, 0.2) is 0 Å². The quantitative estimate of drug-likeness (QED) is 0.696. The molecule has 0 bridgehead atoms. The average Bonchev–Trinajstić information content (AvgIpc) is 2.45. The predicted octanol–water partition coefficient (Wildman–Crippen LogP) is 3.48. The molecule has 124 valence electrons. The van der Waals surface area contributed by atoms with Crippen LogP contribution in [0.1, 0.15) is 57.8 Å². The van der Waals surface area contributed by atoms with Gasteiger partial charge in [0.25, 0.3) is 0 Å². The Kier molecular flexibility index (Phi) is 6.36. The Balaban J connectivity index is 1.92. The van der Waals surface area contributed by atoms with Crippen LogP contribution in [0, 0.1) is 5.41 Å². The Morgan fingerprint density at radius 2 is 1.76 bits per heavy atom. The largest absolute Gasteiger partial charge is 0.381 e. The van der Waals surface area contributed by atoms with Gasteiger partial charge < -0.3 is 9.47 Å². The summed E-state index contributed by atoms with van der Waals surface area (Å²) >= 11 is 0. The van der Waals surface area contributed by atoms with Gasteiger partial charge in [0.2, 0.25) is 9.05 Å². The fourth-order valence-corrected chi connectivity index (χ4v) is 5.56. The standard InChI is InChI=1S/C15H27ClO4S/c1-19-13-6-5-7-14(10-13)20-11-15(12-21(16,17)18)8-3-2-4-9-15/h13-14H,2-12H2,1H3. The lowest BCUT2D eigenvalue weighted by atomic mass is 9.76. The molecule has 2 fully saturated rings. The Labute approximate surface area is 132 Å². The average molecular weight is 339 g/mol. The highest BCUT2D eigenvalue weighted by Crippen LogP contribution is 2.39. The van der Waals surface area contributed by atoms with Crippen molar-refractivity contribution in [2.24, 2.45) is 5.41 Å². The van der Waals surface area contributed by atoms with Crippen LogP contribution in [0.25, 0.3) is 0 Å². The minimum absolute atomic E-state index is 0.0436. The van der Waals surface area contributed by atoms with Crippen molar-refractivity contribution in [2.45, 2.75) is 70.0 Å². The van der Waals surface area contributed by atoms with E-state index in [2.05, 4.69) is 0 Å². The summed E-state index contributed by atoms with van der Waals surface area (Å²) in [4.78, 5) is 0. The summed E-state index contributed by atoms with van der Waals surface area (Å²) in [6.07, 6.45) is 9.77. The first kappa shape index (κ1) is 17.5. The number of hydrogen-bond acceptors (Lipinski definition) is 4. The number of ether oxygens (including phenoxy) is 2. The molecule has 0 aliphatic heterocycles. The SMILES string of the molecule is COC1CCCC(OCC2(CS(=O)(=O)Cl)CCCCC2)C1. The van der Waals surface area contributed by atoms with Gasteiger partial charge in [0.15, 0.2) is 0 Å². The highest BCUT2D eigenvalue weighted by Gasteiger charge is 2.37. The summed E-state index contributed by atoms with van der Waals surface area (Å²) in [5, 5.41) is 0. The van der Waals surface area contributed by atoms with Gasteiger partial charge in [-0.3, -0.25) is 0 Å². The zero-order valence-electron chi connectivity index (χ0n) is 12.9. The number of rotatable bonds is 6. The molecule has 6 heteroatoms. The third kappa shape index (κ3) is 5.70. The minimum atomic E-state index is -3.48. The van der Waals surface area contributed by atoms with Crippen LogP contribution >= 0.6 is 10.7 Å². The van der Waals surface area contributed by atoms with Crippen molar-refractivity contribution in [2.75, 3.05) is 19.5 Å². The van der Waals surface area contributed by atoms with E-state index in [0.717, 1.165) is 51.4 Å². The van der Waals surface area contributed by atoms with Crippen molar-refractivity contribution in [1.29, 1.82) is 0 Å². The molecule has 0 amide bonds. The fraction of sp³-hybridized carbons (Fsp3) is 1.00. The Bertz CT molecular complexity index is 417. The zero-order valence-corrected chi connectivity index (χ0v) is 14.4. The monoisotopic (exact) mass is 338 g/mol. The van der Waals surface area contributed by atoms with Crippen LogP contribution in [0.4, 0.5) is 0 Å². The highest BCUT2D eigenvalue weighted by molar-refractivity contribution is 8.13. The molecule has 21 heavy (non-hydrogen) atoms. The summed E-state index contributed by atoms with van der Waals surface area (Å²) < 4.78 is 34.6. The molecule has 0 heterocycles. The van der Waals surface area contributed by atoms with Crippen LogP contribution in [0.3, 0.4) is 0 Å². The van der Waals surface area contributed by atoms with Crippen LogP contribution in [-0.2, 0) is 18.5 Å². The van der Waals surface area contributed by atoms with Gasteiger partial charge in [-0.25, -0.2) is 8.42 Å². The van der Waals surface area contributed by atoms with Gasteiger partial charge in [-0.2, -0.15) is 0 Å². The molecule has 0 aromatic carbocycles. The molecule has 4 nitrogen and oxygen atoms in total. The van der Waals surface area contributed by atoms with Crippen molar-refractivity contribution in [1.82, 2.24) is 0 Å². The summed E-state index contributed by atoms with van der Waals surface area (Å²) in [5.74, 6) is 0.0436. The van der Waals surface area contributed by atoms with Gasteiger partial charge in [0.05, 0.1) is 24.6 Å². The van der Waals surface area contributed by atoms with E-state index in [1.807, 2.05) is 0 Å². The first-order chi connectivity index (χ1) is 9.92. The van der Waals surface area contributed by atoms with Crippen molar-refractivity contribution in [3.63, 3.8) is 0 Å². The summed E-state index contributed by atoms with van der Waals surface area (Å²) in [5.41, 5.74) is -0.279. The molecular formula is C15H27ClO4S. The van der Waals surface area contributed by atoms with Crippen molar-refractivity contribution >= 4 is 19.7 Å². The van der Waals surface area contributed by atoms with E-state index in [-0.39, 0.29) is 23.4 Å². The smallest absolute Gasteiger partial charge is 0.233 e. The maximum absolute atomic E-state index is 11.5. The Morgan fingerprint density at radius 3 is 2.38 bits per heavy atom. The third-order valence-corrected chi connectivity index (χ3v) is 6.21. The van der Waals surface area contributed by atoms with Crippen LogP contribution in [0.5, 0.6) is 0 Å². The van der Waals surface area contributed by atoms with E-state index in [1.165, 1.54) is 6.42 Å². The lowest BCUT2D eigenvalue weighted by Crippen LogP contribution is -2.38. The van der Waals surface area contributed by atoms with E-state index in [9.17, 15) is 8.42 Å². The molecule has 2 unspecified atom stereocenters. The predicted molar refractivity (Wildman–Crippen MR) is 84.2 cm³/mol. The fourth-order valence-electron chi connectivity index (χ4n) is 3.76. The Morgan fingerprint density at radius 1 is 1.10 bits per heavy atom. The zero-order chi connectivity index (χ0) is 15.3. The summed E-state index contributed by atoms with van der Waals surface area (Å²) in [6, 6.07) is 0. The molecule has 0 aromatic heterocycles. The van der Waals surface area contributed by atoms with E-state index in [4.69, 9.17) is 20.2 Å². The third-order valence-electron chi connectivity index (χ3n) is 4.93. The molecule has 2 aliphatic carbocycles. The second kappa shape index (κ2) is 7.62. The second-order valence-corrected chi connectivity index (χ2v) is 9.48. The minimum Gasteiger partial charge on any atom is -0.381 e. The Hall–Kier alpha value is 0.160. The lowest BCUT2D eigenvalue weighted by molar-refractivity contribution is -0.0617. The molecule has 0 radical (unpaired) electrons. The molecule has 2 saturated carbocycles. The molecular weight excluding hydrogens is 312 g/mol. The molecule has 0 spiro atoms. The van der Waals surface area contributed by atoms with E-state index in [0.29, 0.717) is 6.61 Å². The first-order valence-electron chi connectivity index (χ1n) is 7.99. The first-order valence-corrected chi connectivity index (χ1v) is 10.5. The maximum atomic E-state index is 11.5. The molecule has 2 aliphatic rings. The second-order valence-electron chi connectivity index (χ2n) is 6.70. The van der Waals surface area contributed by atoms with Gasteiger partial charge >= 0.3 is 0 Å². The maximum Gasteiger partial charge on any atom is 0.233 e. The highest BCUT2D eigenvalue weighted by atomic mass is 35.7. The van der Waals surface area contributed by atoms with E-state index < -0.39 is 9.05 Å². The summed E-state index contributed by atoms with van der Waals surface area (Å²) in [6.45, 7) is 0.514. The number of methoxy groups -OCH3 is 1. The normalized spacial score (nSPS) is 30.2. The van der Waals surface area contributed by atoms with Crippen LogP contribution < -0.4 is 0 Å². The van der Waals surface area contributed by atoms with Crippen molar-refractivity contribution in [3.8, 4) is 0 Å². The topological polar surface area (TPSA) is 52.6 Å². The summed E-state index contributed by atoms with van der Waals surface area (Å²) in [7, 11) is 3.78.